The molecule has 1 N–H and O–H groups in total. The summed E-state index contributed by atoms with van der Waals surface area (Å²) >= 11 is 0. The fourth-order valence-corrected chi connectivity index (χ4v) is 2.99. The van der Waals surface area contributed by atoms with E-state index in [1.54, 1.807) is 0 Å². The van der Waals surface area contributed by atoms with Crippen molar-refractivity contribution in [2.45, 2.75) is 19.4 Å². The Bertz CT molecular complexity index is 30.0. The monoisotopic (exact) mass is 120 g/mol. The van der Waals surface area contributed by atoms with Crippen molar-refractivity contribution in [3.63, 3.8) is 0 Å². The van der Waals surface area contributed by atoms with Crippen LogP contribution in [0.15, 0.2) is 0 Å². The van der Waals surface area contributed by atoms with Crippen LogP contribution < -0.4 is 0 Å². The molecule has 0 bridgehead atoms. The van der Waals surface area contributed by atoms with Gasteiger partial charge in [0.15, 0.2) is 0 Å². The van der Waals surface area contributed by atoms with Gasteiger partial charge in [0.2, 0.25) is 0 Å². The summed E-state index contributed by atoms with van der Waals surface area (Å²) in [5, 5.41) is 0. The Hall–Kier alpha value is 0.394. The molecule has 1 atom stereocenters. The minimum absolute atomic E-state index is 1.03. The molecule has 0 saturated carbocycles. The van der Waals surface area contributed by atoms with E-state index in [0.29, 0.717) is 0 Å². The van der Waals surface area contributed by atoms with E-state index < -0.39 is 8.56 Å². The van der Waals surface area contributed by atoms with Gasteiger partial charge in [-0.3, -0.25) is 0 Å². The summed E-state index contributed by atoms with van der Waals surface area (Å²) in [4.78, 5) is 8.75. The highest BCUT2D eigenvalue weighted by Gasteiger charge is 1.91. The molecule has 0 aromatic carbocycles. The average Bonchev–Trinajstić information content (AvgIpc) is 1.35. The van der Waals surface area contributed by atoms with Crippen molar-refractivity contribution >= 4 is 18.3 Å². The maximum atomic E-state index is 8.75. The Balaban J connectivity index is 2.63. The fraction of sp³-hybridized carbons (Fsp3) is 1.00. The molecule has 0 spiro atoms. The van der Waals surface area contributed by atoms with Crippen molar-refractivity contribution in [2.24, 2.45) is 0 Å². The van der Waals surface area contributed by atoms with Gasteiger partial charge in [0.25, 0.3) is 0 Å². The minimum Gasteiger partial charge on any atom is -0.439 e. The van der Waals surface area contributed by atoms with Crippen LogP contribution in [0.4, 0.5) is 0 Å². The lowest BCUT2D eigenvalue weighted by Gasteiger charge is -1.92. The fourth-order valence-electron chi connectivity index (χ4n) is 0.418. The molecule has 6 heavy (non-hydrogen) atoms. The molecule has 38 valence electrons. The molecule has 3 heteroatoms. The zero-order chi connectivity index (χ0) is 4.99. The van der Waals surface area contributed by atoms with Crippen LogP contribution in [0.2, 0.25) is 6.04 Å². The van der Waals surface area contributed by atoms with Crippen LogP contribution >= 0.6 is 0 Å². The lowest BCUT2D eigenvalue weighted by atomic mass is 10.6. The smallest absolute Gasteiger partial charge is 0.149 e. The van der Waals surface area contributed by atoms with Crippen LogP contribution in [-0.2, 0) is 0 Å². The molecule has 0 aromatic heterocycles. The van der Waals surface area contributed by atoms with Crippen LogP contribution in [0.1, 0.15) is 13.3 Å². The Morgan fingerprint density at radius 1 is 1.83 bits per heavy atom. The van der Waals surface area contributed by atoms with Crippen LogP contribution in [-0.4, -0.2) is 23.1 Å². The van der Waals surface area contributed by atoms with Crippen molar-refractivity contribution in [1.82, 2.24) is 0 Å². The van der Waals surface area contributed by atoms with Crippen LogP contribution in [0, 0.1) is 0 Å². The first-order valence-electron chi connectivity index (χ1n) is 2.45. The van der Waals surface area contributed by atoms with Crippen molar-refractivity contribution in [3.8, 4) is 0 Å². The molecule has 0 aromatic rings. The molecule has 0 radical (unpaired) electrons. The van der Waals surface area contributed by atoms with Gasteiger partial charge in [-0.05, 0) is 6.04 Å². The first-order valence-corrected chi connectivity index (χ1v) is 8.40. The highest BCUT2D eigenvalue weighted by atomic mass is 29.2. The van der Waals surface area contributed by atoms with Crippen LogP contribution in [0.5, 0.6) is 0 Å². The third-order valence-corrected chi connectivity index (χ3v) is 3.85. The van der Waals surface area contributed by atoms with Gasteiger partial charge >= 0.3 is 0 Å². The molecule has 1 unspecified atom stereocenters. The number of hydrogen-bond donors (Lipinski definition) is 1. The van der Waals surface area contributed by atoms with Crippen molar-refractivity contribution < 1.29 is 4.80 Å². The lowest BCUT2D eigenvalue weighted by molar-refractivity contribution is 0.589. The van der Waals surface area contributed by atoms with Gasteiger partial charge in [-0.15, -0.1) is 0 Å². The highest BCUT2D eigenvalue weighted by molar-refractivity contribution is 6.98. The van der Waals surface area contributed by atoms with E-state index in [0.717, 1.165) is 15.8 Å². The van der Waals surface area contributed by atoms with Crippen LogP contribution in [0.3, 0.4) is 0 Å². The van der Waals surface area contributed by atoms with Gasteiger partial charge in [0, 0.05) is 9.76 Å². The normalized spacial score (nSPS) is 15.0. The van der Waals surface area contributed by atoms with E-state index >= 15 is 0 Å². The second-order valence-electron chi connectivity index (χ2n) is 1.64. The molecule has 0 fully saturated rings. The minimum atomic E-state index is -1.03. The van der Waals surface area contributed by atoms with E-state index in [9.17, 15) is 0 Å². The Morgan fingerprint density at radius 2 is 2.33 bits per heavy atom. The molecular formula is C3H12OSi2. The molecule has 0 heterocycles. The summed E-state index contributed by atoms with van der Waals surface area (Å²) in [5.74, 6) is 0. The number of hydrogen-bond acceptors (Lipinski definition) is 1. The van der Waals surface area contributed by atoms with E-state index in [1.165, 1.54) is 6.42 Å². The van der Waals surface area contributed by atoms with Crippen molar-refractivity contribution in [2.75, 3.05) is 0 Å². The predicted molar refractivity (Wildman–Crippen MR) is 34.4 cm³/mol. The third-order valence-electron chi connectivity index (χ3n) is 0.706. The standard InChI is InChI=1S/C3H12OSi2/c1-2-3-6(4)5/h4,6H,2-3H2,1,5H3. The maximum absolute atomic E-state index is 8.75. The lowest BCUT2D eigenvalue weighted by Crippen LogP contribution is -2.09. The first-order chi connectivity index (χ1) is 2.77. The molecule has 0 aliphatic carbocycles. The molecule has 0 rings (SSSR count). The highest BCUT2D eigenvalue weighted by Crippen LogP contribution is 1.86. The van der Waals surface area contributed by atoms with Gasteiger partial charge in [0.05, 0.1) is 0 Å². The van der Waals surface area contributed by atoms with E-state index in [1.807, 2.05) is 0 Å². The molecule has 0 aliphatic rings. The van der Waals surface area contributed by atoms with Crippen molar-refractivity contribution in [3.05, 3.63) is 0 Å². The molecule has 0 saturated heterocycles. The first kappa shape index (κ1) is 6.39. The summed E-state index contributed by atoms with van der Waals surface area (Å²) in [6.07, 6.45) is 1.18. The van der Waals surface area contributed by atoms with Gasteiger partial charge in [-0.1, -0.05) is 13.3 Å². The largest absolute Gasteiger partial charge is 0.439 e. The molecule has 0 aliphatic heterocycles. The number of rotatable bonds is 2. The molecule has 1 nitrogen and oxygen atoms in total. The SMILES string of the molecule is CCC[SiH](O)[SiH3]. The predicted octanol–water partition coefficient (Wildman–Crippen LogP) is -1.03. The van der Waals surface area contributed by atoms with Gasteiger partial charge < -0.3 is 4.80 Å². The van der Waals surface area contributed by atoms with Gasteiger partial charge in [0.1, 0.15) is 8.56 Å². The summed E-state index contributed by atoms with van der Waals surface area (Å²) in [6, 6.07) is 1.13. The van der Waals surface area contributed by atoms with Gasteiger partial charge in [-0.25, -0.2) is 0 Å². The Labute approximate surface area is 43.3 Å². The zero-order valence-corrected chi connectivity index (χ0v) is 7.59. The summed E-state index contributed by atoms with van der Waals surface area (Å²) in [7, 11) is 0.0414. The summed E-state index contributed by atoms with van der Waals surface area (Å²) < 4.78 is 0. The molecular weight excluding hydrogens is 108 g/mol. The summed E-state index contributed by atoms with van der Waals surface area (Å²) in [5.41, 5.74) is 0. The second-order valence-corrected chi connectivity index (χ2v) is 7.91. The van der Waals surface area contributed by atoms with E-state index in [-0.39, 0.29) is 0 Å². The zero-order valence-electron chi connectivity index (χ0n) is 4.44. The quantitative estimate of drug-likeness (QED) is 0.462. The van der Waals surface area contributed by atoms with Crippen LogP contribution in [0.25, 0.3) is 0 Å². The van der Waals surface area contributed by atoms with Gasteiger partial charge in [-0.2, -0.15) is 0 Å². The van der Waals surface area contributed by atoms with Crippen molar-refractivity contribution in [1.29, 1.82) is 0 Å². The van der Waals surface area contributed by atoms with E-state index in [2.05, 4.69) is 6.92 Å². The average molecular weight is 120 g/mol. The summed E-state index contributed by atoms with van der Waals surface area (Å²) in [6.45, 7) is 2.12. The Kier molecular flexibility index (Phi) is 3.81. The second kappa shape index (κ2) is 3.58. The third kappa shape index (κ3) is 4.39. The Morgan fingerprint density at radius 3 is 2.33 bits per heavy atom. The maximum Gasteiger partial charge on any atom is 0.149 e. The molecule has 0 amide bonds. The van der Waals surface area contributed by atoms with E-state index in [4.69, 9.17) is 4.80 Å². The topological polar surface area (TPSA) is 20.2 Å².